The molecule has 3 rings (SSSR count). The molecule has 0 bridgehead atoms. The number of rotatable bonds is 10. The van der Waals surface area contributed by atoms with E-state index in [1.54, 1.807) is 16.7 Å². The van der Waals surface area contributed by atoms with Crippen LogP contribution in [0.2, 0.25) is 0 Å². The Bertz CT molecular complexity index is 1310. The van der Waals surface area contributed by atoms with Crippen LogP contribution < -0.4 is 15.4 Å². The molecule has 2 aromatic carbocycles. The molecule has 0 aliphatic heterocycles. The van der Waals surface area contributed by atoms with Gasteiger partial charge in [0.25, 0.3) is 0 Å². The summed E-state index contributed by atoms with van der Waals surface area (Å²) in [5.74, 6) is 1.63. The lowest BCUT2D eigenvalue weighted by Crippen LogP contribution is -2.43. The number of benzene rings is 2. The molecule has 0 radical (unpaired) electrons. The van der Waals surface area contributed by atoms with Gasteiger partial charge < -0.3 is 20.3 Å². The third kappa shape index (κ3) is 8.12. The van der Waals surface area contributed by atoms with E-state index in [1.807, 2.05) is 50.2 Å². The number of methoxy groups -OCH3 is 1. The predicted octanol–water partition coefficient (Wildman–Crippen LogP) is 7.55. The van der Waals surface area contributed by atoms with Gasteiger partial charge in [-0.25, -0.2) is 9.48 Å². The third-order valence-corrected chi connectivity index (χ3v) is 6.87. The number of ether oxygens (including phenoxy) is 1. The molecule has 8 nitrogen and oxygen atoms in total. The maximum atomic E-state index is 13.7. The molecule has 0 fully saturated rings. The second-order valence-electron chi connectivity index (χ2n) is 12.6. The Balaban J connectivity index is 1.89. The van der Waals surface area contributed by atoms with Crippen molar-refractivity contribution in [1.29, 1.82) is 0 Å². The molecule has 0 aliphatic rings. The van der Waals surface area contributed by atoms with Crippen LogP contribution in [0.5, 0.6) is 5.75 Å². The van der Waals surface area contributed by atoms with Crippen LogP contribution in [0, 0.1) is 5.92 Å². The molecular formula is C33H47N5O3. The van der Waals surface area contributed by atoms with Crippen LogP contribution in [0.25, 0.3) is 5.69 Å². The Morgan fingerprint density at radius 2 is 1.51 bits per heavy atom. The summed E-state index contributed by atoms with van der Waals surface area (Å²) in [4.78, 5) is 28.7. The van der Waals surface area contributed by atoms with E-state index in [4.69, 9.17) is 9.84 Å². The van der Waals surface area contributed by atoms with Gasteiger partial charge in [0, 0.05) is 23.7 Å². The average Bonchev–Trinajstić information content (AvgIpc) is 3.32. The minimum absolute atomic E-state index is 0.0937. The van der Waals surface area contributed by atoms with Gasteiger partial charge >= 0.3 is 6.03 Å². The molecule has 222 valence electrons. The number of anilines is 2. The summed E-state index contributed by atoms with van der Waals surface area (Å²) in [5.41, 5.74) is 4.41. The van der Waals surface area contributed by atoms with Gasteiger partial charge in [-0.2, -0.15) is 5.10 Å². The molecule has 0 spiro atoms. The maximum absolute atomic E-state index is 13.7. The zero-order chi connectivity index (χ0) is 30.5. The first-order chi connectivity index (χ1) is 19.2. The topological polar surface area (TPSA) is 88.5 Å². The Kier molecular flexibility index (Phi) is 10.2. The fourth-order valence-electron chi connectivity index (χ4n) is 4.65. The largest absolute Gasteiger partial charge is 0.497 e. The van der Waals surface area contributed by atoms with Gasteiger partial charge in [-0.1, -0.05) is 80.5 Å². The van der Waals surface area contributed by atoms with Crippen LogP contribution in [-0.4, -0.2) is 46.8 Å². The molecule has 0 saturated heterocycles. The van der Waals surface area contributed by atoms with E-state index in [0.29, 0.717) is 12.4 Å². The van der Waals surface area contributed by atoms with Crippen LogP contribution in [0.3, 0.4) is 0 Å². The lowest BCUT2D eigenvalue weighted by Gasteiger charge is -2.27. The summed E-state index contributed by atoms with van der Waals surface area (Å²) in [6.45, 7) is 19.1. The van der Waals surface area contributed by atoms with Gasteiger partial charge in [0.15, 0.2) is 0 Å². The highest BCUT2D eigenvalue weighted by Crippen LogP contribution is 2.33. The Hall–Kier alpha value is -3.81. The zero-order valence-corrected chi connectivity index (χ0v) is 26.3. The number of para-hydroxylation sites is 1. The molecule has 0 saturated carbocycles. The van der Waals surface area contributed by atoms with E-state index in [2.05, 4.69) is 71.2 Å². The molecule has 8 heteroatoms. The second kappa shape index (κ2) is 13.2. The van der Waals surface area contributed by atoms with Crippen LogP contribution in [0.4, 0.5) is 16.3 Å². The fourth-order valence-corrected chi connectivity index (χ4v) is 4.65. The van der Waals surface area contributed by atoms with Gasteiger partial charge in [0.2, 0.25) is 5.91 Å². The van der Waals surface area contributed by atoms with Crippen molar-refractivity contribution in [3.8, 4) is 11.4 Å². The van der Waals surface area contributed by atoms with Crippen molar-refractivity contribution in [2.24, 2.45) is 5.92 Å². The smallest absolute Gasteiger partial charge is 0.322 e. The molecular weight excluding hydrogens is 514 g/mol. The molecule has 3 amide bonds. The van der Waals surface area contributed by atoms with E-state index in [1.165, 1.54) is 0 Å². The van der Waals surface area contributed by atoms with E-state index >= 15 is 0 Å². The summed E-state index contributed by atoms with van der Waals surface area (Å²) in [7, 11) is 1.62. The van der Waals surface area contributed by atoms with Crippen molar-refractivity contribution >= 4 is 23.4 Å². The van der Waals surface area contributed by atoms with Crippen LogP contribution in [-0.2, 0) is 10.2 Å². The SMILES string of the molecule is COc1ccc(-n2nc(C(C)(C)C)cc2NC(=O)CN(CC(C)C)C(=O)Nc2c(C(C)C)cccc2C(C)C)cc1. The zero-order valence-electron chi connectivity index (χ0n) is 26.3. The number of urea groups is 1. The summed E-state index contributed by atoms with van der Waals surface area (Å²) >= 11 is 0. The van der Waals surface area contributed by atoms with Crippen molar-refractivity contribution in [1.82, 2.24) is 14.7 Å². The first kappa shape index (κ1) is 31.7. The number of amides is 3. The van der Waals surface area contributed by atoms with E-state index in [9.17, 15) is 9.59 Å². The number of hydrogen-bond donors (Lipinski definition) is 2. The summed E-state index contributed by atoms with van der Waals surface area (Å²) in [6.07, 6.45) is 0. The molecule has 0 atom stereocenters. The minimum Gasteiger partial charge on any atom is -0.497 e. The van der Waals surface area contributed by atoms with Crippen molar-refractivity contribution in [2.45, 2.75) is 79.6 Å². The normalized spacial score (nSPS) is 11.7. The summed E-state index contributed by atoms with van der Waals surface area (Å²) in [6, 6.07) is 15.2. The highest BCUT2D eigenvalue weighted by Gasteiger charge is 2.25. The summed E-state index contributed by atoms with van der Waals surface area (Å²) < 4.78 is 7.02. The van der Waals surface area contributed by atoms with Gasteiger partial charge in [0.1, 0.15) is 18.1 Å². The summed E-state index contributed by atoms with van der Waals surface area (Å²) in [5, 5.41) is 11.0. The second-order valence-corrected chi connectivity index (χ2v) is 12.6. The Morgan fingerprint density at radius 1 is 0.927 bits per heavy atom. The number of nitrogens with zero attached hydrogens (tertiary/aromatic N) is 3. The lowest BCUT2D eigenvalue weighted by molar-refractivity contribution is -0.116. The van der Waals surface area contributed by atoms with Crippen molar-refractivity contribution in [2.75, 3.05) is 30.8 Å². The Labute approximate surface area is 245 Å². The van der Waals surface area contributed by atoms with Crippen molar-refractivity contribution in [3.63, 3.8) is 0 Å². The quantitative estimate of drug-likeness (QED) is 0.267. The van der Waals surface area contributed by atoms with E-state index in [-0.39, 0.29) is 41.7 Å². The first-order valence-electron chi connectivity index (χ1n) is 14.4. The number of carbonyl (C=O) groups is 2. The van der Waals surface area contributed by atoms with Crippen LogP contribution in [0.15, 0.2) is 48.5 Å². The fraction of sp³-hybridized carbons (Fsp3) is 0.485. The molecule has 41 heavy (non-hydrogen) atoms. The van der Waals surface area contributed by atoms with Gasteiger partial charge in [-0.05, 0) is 53.1 Å². The van der Waals surface area contributed by atoms with Gasteiger partial charge in [-0.15, -0.1) is 0 Å². The molecule has 0 aliphatic carbocycles. The predicted molar refractivity (Wildman–Crippen MR) is 167 cm³/mol. The molecule has 2 N–H and O–H groups in total. The molecule has 1 aromatic heterocycles. The highest BCUT2D eigenvalue weighted by molar-refractivity contribution is 5.97. The average molecular weight is 562 g/mol. The minimum atomic E-state index is -0.294. The molecule has 3 aromatic rings. The van der Waals surface area contributed by atoms with E-state index < -0.39 is 0 Å². The Morgan fingerprint density at radius 3 is 2.00 bits per heavy atom. The van der Waals surface area contributed by atoms with Crippen LogP contribution >= 0.6 is 0 Å². The number of nitrogens with one attached hydrogen (secondary N) is 2. The standard InChI is InChI=1S/C33H47N5O3/c1-21(2)19-37(32(40)35-31-26(22(3)4)12-11-13-27(31)23(5)6)20-30(39)34-29-18-28(33(7,8)9)36-38(29)24-14-16-25(41-10)17-15-24/h11-18,21-23H,19-20H2,1-10H3,(H,34,39)(H,35,40). The van der Waals surface area contributed by atoms with Crippen LogP contribution in [0.1, 0.15) is 91.0 Å². The van der Waals surface area contributed by atoms with Gasteiger partial charge in [0.05, 0.1) is 18.5 Å². The van der Waals surface area contributed by atoms with E-state index in [0.717, 1.165) is 33.9 Å². The van der Waals surface area contributed by atoms with Crippen molar-refractivity contribution in [3.05, 3.63) is 65.4 Å². The molecule has 0 unspecified atom stereocenters. The third-order valence-electron chi connectivity index (χ3n) is 6.87. The van der Waals surface area contributed by atoms with Crippen molar-refractivity contribution < 1.29 is 14.3 Å². The van der Waals surface area contributed by atoms with Gasteiger partial charge in [-0.3, -0.25) is 4.79 Å². The molecule has 1 heterocycles. The number of aromatic nitrogens is 2. The first-order valence-corrected chi connectivity index (χ1v) is 14.4. The highest BCUT2D eigenvalue weighted by atomic mass is 16.5. The maximum Gasteiger partial charge on any atom is 0.322 e. The monoisotopic (exact) mass is 561 g/mol. The lowest BCUT2D eigenvalue weighted by atomic mass is 9.92. The number of carbonyl (C=O) groups excluding carboxylic acids is 2. The number of hydrogen-bond acceptors (Lipinski definition) is 4.